The molecule has 0 spiro atoms. The lowest BCUT2D eigenvalue weighted by atomic mass is 10.0. The Kier molecular flexibility index (Phi) is 7.71. The highest BCUT2D eigenvalue weighted by Gasteiger charge is 2.55. The van der Waals surface area contributed by atoms with Gasteiger partial charge in [-0.05, 0) is 35.9 Å². The van der Waals surface area contributed by atoms with E-state index in [1.807, 2.05) is 0 Å². The number of methoxy groups -OCH3 is 1. The van der Waals surface area contributed by atoms with E-state index in [2.05, 4.69) is 10.3 Å². The largest absolute Gasteiger partial charge is 0.497 e. The van der Waals surface area contributed by atoms with Gasteiger partial charge in [0.1, 0.15) is 10.6 Å². The van der Waals surface area contributed by atoms with E-state index in [0.717, 1.165) is 0 Å². The molecule has 2 rings (SSSR count). The number of carbonyl (C=O) groups excluding carboxylic acids is 2. The second-order valence-electron chi connectivity index (χ2n) is 7.29. The summed E-state index contributed by atoms with van der Waals surface area (Å²) in [5.41, 5.74) is 6.13. The minimum Gasteiger partial charge on any atom is -0.497 e. The van der Waals surface area contributed by atoms with E-state index in [-0.39, 0.29) is 11.4 Å². The maximum atomic E-state index is 13.4. The summed E-state index contributed by atoms with van der Waals surface area (Å²) >= 11 is 0. The number of ether oxygens (including phenoxy) is 1. The third-order valence-corrected chi connectivity index (χ3v) is 6.77. The summed E-state index contributed by atoms with van der Waals surface area (Å²) in [5, 5.41) is 13.9. The molecule has 1 heterocycles. The van der Waals surface area contributed by atoms with Crippen LogP contribution in [0.4, 0.5) is 0 Å². The Morgan fingerprint density at radius 2 is 1.87 bits per heavy atom. The van der Waals surface area contributed by atoms with E-state index < -0.39 is 44.4 Å². The Labute approximate surface area is 181 Å². The van der Waals surface area contributed by atoms with Crippen molar-refractivity contribution < 1.29 is 32.0 Å². The molecule has 168 valence electrons. The lowest BCUT2D eigenvalue weighted by Gasteiger charge is -2.35. The van der Waals surface area contributed by atoms with Gasteiger partial charge in [-0.3, -0.25) is 14.6 Å². The predicted molar refractivity (Wildman–Crippen MR) is 111 cm³/mol. The number of nitrogens with zero attached hydrogens (tertiary/aromatic N) is 2. The van der Waals surface area contributed by atoms with Gasteiger partial charge in [0, 0.05) is 24.9 Å². The first-order valence-corrected chi connectivity index (χ1v) is 10.9. The highest BCUT2D eigenvalue weighted by molar-refractivity contribution is 7.85. The number of nitrogens with one attached hydrogen (secondary N) is 1. The van der Waals surface area contributed by atoms with Gasteiger partial charge in [0.15, 0.2) is 0 Å². The molecule has 0 bridgehead atoms. The van der Waals surface area contributed by atoms with Crippen LogP contribution in [0.3, 0.4) is 0 Å². The molecular weight excluding hydrogens is 424 g/mol. The van der Waals surface area contributed by atoms with Crippen LogP contribution in [0.25, 0.3) is 0 Å². The average Bonchev–Trinajstić information content (AvgIpc) is 2.72. The highest BCUT2D eigenvalue weighted by atomic mass is 32.2. The van der Waals surface area contributed by atoms with Crippen molar-refractivity contribution in [1.82, 2.24) is 10.3 Å². The van der Waals surface area contributed by atoms with Crippen LogP contribution in [0.15, 0.2) is 53.7 Å². The van der Waals surface area contributed by atoms with Gasteiger partial charge >= 0.3 is 10.0 Å². The third-order valence-electron chi connectivity index (χ3n) is 4.71. The van der Waals surface area contributed by atoms with E-state index in [1.54, 1.807) is 18.3 Å². The quantitative estimate of drug-likeness (QED) is 0.357. The Bertz CT molecular complexity index is 1010. The van der Waals surface area contributed by atoms with Crippen LogP contribution in [0, 0.1) is 5.92 Å². The van der Waals surface area contributed by atoms with Crippen LogP contribution >= 0.6 is 0 Å². The Balaban J connectivity index is 2.42. The minimum atomic E-state index is -4.63. The van der Waals surface area contributed by atoms with Crippen molar-refractivity contribution in [2.24, 2.45) is 11.7 Å². The molecule has 0 aliphatic carbocycles. The number of hydroxylamine groups is 2. The Hall–Kier alpha value is -3.02. The summed E-state index contributed by atoms with van der Waals surface area (Å²) in [7, 11) is -3.21. The maximum absolute atomic E-state index is 13.4. The normalized spacial score (nSPS) is 14.5. The van der Waals surface area contributed by atoms with Crippen molar-refractivity contribution in [3.8, 4) is 5.75 Å². The van der Waals surface area contributed by atoms with Crippen molar-refractivity contribution in [2.45, 2.75) is 31.3 Å². The molecule has 4 N–H and O–H groups in total. The van der Waals surface area contributed by atoms with Crippen molar-refractivity contribution in [1.29, 1.82) is 0 Å². The number of quaternary nitrogens is 1. The fourth-order valence-electron chi connectivity index (χ4n) is 3.22. The minimum absolute atomic E-state index is 0.0676. The molecule has 0 aliphatic rings. The molecule has 31 heavy (non-hydrogen) atoms. The molecule has 10 nitrogen and oxygen atoms in total. The van der Waals surface area contributed by atoms with E-state index in [4.69, 9.17) is 10.5 Å². The molecule has 2 amide bonds. The number of amides is 2. The zero-order valence-electron chi connectivity index (χ0n) is 17.6. The monoisotopic (exact) mass is 451 g/mol. The van der Waals surface area contributed by atoms with Crippen LogP contribution in [-0.2, 0) is 26.2 Å². The number of nitrogens with two attached hydrogens (primary N) is 1. The fraction of sp³-hybridized carbons (Fsp3) is 0.350. The van der Waals surface area contributed by atoms with E-state index in [9.17, 15) is 23.2 Å². The van der Waals surface area contributed by atoms with Crippen LogP contribution in [-0.4, -0.2) is 54.2 Å². The number of hydrogen-bond acceptors (Lipinski definition) is 7. The molecule has 0 saturated heterocycles. The first-order valence-electron chi connectivity index (χ1n) is 9.47. The molecule has 0 radical (unpaired) electrons. The molecule has 2 aromatic rings. The molecule has 0 saturated carbocycles. The molecule has 2 atom stereocenters. The van der Waals surface area contributed by atoms with Gasteiger partial charge in [-0.25, -0.2) is 0 Å². The molecule has 11 heteroatoms. The zero-order chi connectivity index (χ0) is 23.2. The number of benzene rings is 1. The summed E-state index contributed by atoms with van der Waals surface area (Å²) in [6, 6.07) is 7.07. The van der Waals surface area contributed by atoms with Crippen molar-refractivity contribution >= 4 is 21.8 Å². The number of hydrogen-bond donors (Lipinski definition) is 3. The second-order valence-corrected chi connectivity index (χ2v) is 9.35. The summed E-state index contributed by atoms with van der Waals surface area (Å²) in [6.45, 7) is 2.21. The van der Waals surface area contributed by atoms with E-state index >= 15 is 0 Å². The Morgan fingerprint density at radius 3 is 2.35 bits per heavy atom. The number of sulfonamides is 1. The standard InChI is InChI=1S/C20H26N4O6S/c1-14(2)19(20(21)26)24(27,13-18(25)23-12-15-5-4-10-22-11-15)31(28,29)17-8-6-16(30-3)7-9-17/h4-11,14,19,27H,12-13H2,1-3H3,(H2-,21,23,25,26)/p+1/t19-,24?/m1/s1. The van der Waals surface area contributed by atoms with Gasteiger partial charge in [-0.15, -0.1) is 0 Å². The maximum Gasteiger partial charge on any atom is 0.358 e. The van der Waals surface area contributed by atoms with E-state index in [1.165, 1.54) is 51.4 Å². The molecule has 1 aromatic carbocycles. The Morgan fingerprint density at radius 1 is 1.23 bits per heavy atom. The lowest BCUT2D eigenvalue weighted by Crippen LogP contribution is -2.65. The third kappa shape index (κ3) is 5.37. The molecule has 1 unspecified atom stereocenters. The van der Waals surface area contributed by atoms with Gasteiger partial charge in [0.05, 0.1) is 7.11 Å². The topological polar surface area (TPSA) is 149 Å². The fourth-order valence-corrected chi connectivity index (χ4v) is 5.00. The van der Waals surface area contributed by atoms with E-state index in [0.29, 0.717) is 11.3 Å². The lowest BCUT2D eigenvalue weighted by molar-refractivity contribution is -1.01. The van der Waals surface area contributed by atoms with Gasteiger partial charge < -0.3 is 15.8 Å². The smallest absolute Gasteiger partial charge is 0.358 e. The number of primary amides is 1. The van der Waals surface area contributed by atoms with Crippen molar-refractivity contribution in [2.75, 3.05) is 13.7 Å². The summed E-state index contributed by atoms with van der Waals surface area (Å²) in [6.07, 6.45) is 3.11. The summed E-state index contributed by atoms with van der Waals surface area (Å²) in [4.78, 5) is 28.4. The predicted octanol–water partition coefficient (Wildman–Crippen LogP) is 0.811. The molecule has 0 fully saturated rings. The molecule has 0 aliphatic heterocycles. The van der Waals surface area contributed by atoms with Crippen LogP contribution in [0.5, 0.6) is 5.75 Å². The number of carbonyl (C=O) groups is 2. The van der Waals surface area contributed by atoms with Gasteiger partial charge in [-0.1, -0.05) is 24.0 Å². The van der Waals surface area contributed by atoms with Crippen molar-refractivity contribution in [3.63, 3.8) is 0 Å². The highest BCUT2D eigenvalue weighted by Crippen LogP contribution is 2.30. The van der Waals surface area contributed by atoms with Crippen molar-refractivity contribution in [3.05, 3.63) is 54.4 Å². The van der Waals surface area contributed by atoms with Gasteiger partial charge in [-0.2, -0.15) is 13.6 Å². The summed E-state index contributed by atoms with van der Waals surface area (Å²) in [5.74, 6) is -2.11. The molecular formula is C20H27N4O6S+. The van der Waals surface area contributed by atoms with Gasteiger partial charge in [0.2, 0.25) is 12.6 Å². The number of aromatic nitrogens is 1. The van der Waals surface area contributed by atoms with Crippen LogP contribution in [0.2, 0.25) is 0 Å². The number of pyridine rings is 1. The first-order chi connectivity index (χ1) is 14.5. The first kappa shape index (κ1) is 24.3. The van der Waals surface area contributed by atoms with Gasteiger partial charge in [0.25, 0.3) is 11.8 Å². The summed E-state index contributed by atoms with van der Waals surface area (Å²) < 4.78 is 29.9. The number of rotatable bonds is 10. The average molecular weight is 452 g/mol. The zero-order valence-corrected chi connectivity index (χ0v) is 18.4. The second kappa shape index (κ2) is 9.86. The SMILES string of the molecule is COc1ccc(S(=O)(=O)[N+](O)(CC(=O)NCc2cccnc2)[C@@H](C(N)=O)C(C)C)cc1. The van der Waals surface area contributed by atoms with Crippen LogP contribution < -0.4 is 15.8 Å². The van der Waals surface area contributed by atoms with Crippen LogP contribution in [0.1, 0.15) is 19.4 Å². The molecule has 1 aromatic heterocycles.